The van der Waals surface area contributed by atoms with E-state index in [1.165, 1.54) is 5.12 Å². The highest BCUT2D eigenvalue weighted by atomic mass is 35.5. The maximum atomic E-state index is 10.8. The van der Waals surface area contributed by atoms with E-state index in [9.17, 15) is 5.11 Å². The van der Waals surface area contributed by atoms with Crippen molar-refractivity contribution in [1.29, 1.82) is 0 Å². The zero-order valence-corrected chi connectivity index (χ0v) is 12.5. The average molecular weight is 312 g/mol. The van der Waals surface area contributed by atoms with Crippen molar-refractivity contribution in [2.24, 2.45) is 5.10 Å². The molecule has 0 radical (unpaired) electrons. The van der Waals surface area contributed by atoms with Gasteiger partial charge in [0, 0.05) is 11.4 Å². The lowest BCUT2D eigenvalue weighted by Crippen LogP contribution is -2.41. The van der Waals surface area contributed by atoms with Crippen molar-refractivity contribution in [3.63, 3.8) is 0 Å². The van der Waals surface area contributed by atoms with Crippen molar-refractivity contribution in [2.45, 2.75) is 12.1 Å². The van der Waals surface area contributed by atoms with Crippen LogP contribution in [0.25, 0.3) is 5.70 Å². The SMILES string of the molecule is OC12C=C(c3ccccc3)NN1N=C(c1ccc(Cl)cc1)C2. The van der Waals surface area contributed by atoms with E-state index >= 15 is 0 Å². The Bertz CT molecular complexity index is 770. The molecule has 2 aromatic rings. The summed E-state index contributed by atoms with van der Waals surface area (Å²) < 4.78 is 0. The number of hydrogen-bond acceptors (Lipinski definition) is 4. The van der Waals surface area contributed by atoms with Crippen LogP contribution in [0.15, 0.2) is 65.8 Å². The molecule has 22 heavy (non-hydrogen) atoms. The summed E-state index contributed by atoms with van der Waals surface area (Å²) in [5.74, 6) is 0. The van der Waals surface area contributed by atoms with E-state index in [0.717, 1.165) is 22.5 Å². The molecule has 2 aliphatic rings. The number of fused-ring (bicyclic) bond motifs is 1. The Morgan fingerprint density at radius 1 is 1.05 bits per heavy atom. The molecule has 0 aromatic heterocycles. The van der Waals surface area contributed by atoms with Crippen LogP contribution in [0, 0.1) is 0 Å². The molecule has 0 fully saturated rings. The molecule has 4 rings (SSSR count). The van der Waals surface area contributed by atoms with E-state index in [-0.39, 0.29) is 0 Å². The van der Waals surface area contributed by atoms with Gasteiger partial charge in [-0.1, -0.05) is 54.1 Å². The Morgan fingerprint density at radius 3 is 2.45 bits per heavy atom. The summed E-state index contributed by atoms with van der Waals surface area (Å²) in [4.78, 5) is 0. The van der Waals surface area contributed by atoms with Crippen molar-refractivity contribution < 1.29 is 5.11 Å². The third-order valence-corrected chi connectivity index (χ3v) is 4.13. The van der Waals surface area contributed by atoms with Crippen LogP contribution < -0.4 is 5.43 Å². The van der Waals surface area contributed by atoms with E-state index < -0.39 is 5.72 Å². The van der Waals surface area contributed by atoms with Crippen LogP contribution in [0.5, 0.6) is 0 Å². The molecule has 4 nitrogen and oxygen atoms in total. The van der Waals surface area contributed by atoms with Crippen molar-refractivity contribution >= 4 is 23.0 Å². The van der Waals surface area contributed by atoms with E-state index in [0.29, 0.717) is 11.4 Å². The van der Waals surface area contributed by atoms with Crippen LogP contribution in [0.4, 0.5) is 0 Å². The first kappa shape index (κ1) is 13.4. The molecular formula is C17H14ClN3O. The average Bonchev–Trinajstić information content (AvgIpc) is 3.01. The second-order valence-corrected chi connectivity index (χ2v) is 5.89. The lowest BCUT2D eigenvalue weighted by atomic mass is 10.0. The molecule has 0 saturated heterocycles. The Hall–Kier alpha value is -2.30. The van der Waals surface area contributed by atoms with Gasteiger partial charge in [-0.15, -0.1) is 0 Å². The van der Waals surface area contributed by atoms with Crippen molar-refractivity contribution in [1.82, 2.24) is 10.5 Å². The summed E-state index contributed by atoms with van der Waals surface area (Å²) in [5.41, 5.74) is 5.70. The van der Waals surface area contributed by atoms with Gasteiger partial charge in [0.15, 0.2) is 0 Å². The number of hydrogen-bond donors (Lipinski definition) is 2. The zero-order chi connectivity index (χ0) is 15.2. The molecule has 0 spiro atoms. The van der Waals surface area contributed by atoms with Gasteiger partial charge in [-0.25, -0.2) is 0 Å². The van der Waals surface area contributed by atoms with E-state index in [1.54, 1.807) is 0 Å². The molecule has 110 valence electrons. The molecule has 1 atom stereocenters. The molecule has 0 amide bonds. The Balaban J connectivity index is 1.61. The van der Waals surface area contributed by atoms with Crippen LogP contribution in [-0.4, -0.2) is 21.7 Å². The molecule has 2 N–H and O–H groups in total. The summed E-state index contributed by atoms with van der Waals surface area (Å²) in [6.07, 6.45) is 2.24. The van der Waals surface area contributed by atoms with E-state index in [2.05, 4.69) is 10.5 Å². The van der Waals surface area contributed by atoms with Gasteiger partial charge >= 0.3 is 0 Å². The molecular weight excluding hydrogens is 298 g/mol. The predicted molar refractivity (Wildman–Crippen MR) is 86.9 cm³/mol. The predicted octanol–water partition coefficient (Wildman–Crippen LogP) is 3.00. The van der Waals surface area contributed by atoms with Crippen LogP contribution >= 0.6 is 11.6 Å². The lowest BCUT2D eigenvalue weighted by Gasteiger charge is -2.22. The van der Waals surface area contributed by atoms with Crippen LogP contribution in [0.3, 0.4) is 0 Å². The molecule has 2 aliphatic heterocycles. The highest BCUT2D eigenvalue weighted by molar-refractivity contribution is 6.30. The maximum absolute atomic E-state index is 10.8. The Kier molecular flexibility index (Phi) is 2.96. The summed E-state index contributed by atoms with van der Waals surface area (Å²) in [6, 6.07) is 17.4. The maximum Gasteiger partial charge on any atom is 0.201 e. The van der Waals surface area contributed by atoms with E-state index in [4.69, 9.17) is 11.6 Å². The number of hydrazone groups is 1. The summed E-state index contributed by atoms with van der Waals surface area (Å²) >= 11 is 5.91. The number of halogens is 1. The molecule has 2 heterocycles. The number of aliphatic hydroxyl groups is 1. The van der Waals surface area contributed by atoms with Crippen LogP contribution in [0.1, 0.15) is 17.5 Å². The monoisotopic (exact) mass is 311 g/mol. The minimum absolute atomic E-state index is 0.429. The fraction of sp³-hybridized carbons (Fsp3) is 0.118. The van der Waals surface area contributed by atoms with Gasteiger partial charge in [0.1, 0.15) is 0 Å². The molecule has 5 heteroatoms. The lowest BCUT2D eigenvalue weighted by molar-refractivity contribution is -0.0544. The van der Waals surface area contributed by atoms with Gasteiger partial charge in [-0.2, -0.15) is 10.2 Å². The first-order valence-electron chi connectivity index (χ1n) is 7.05. The van der Waals surface area contributed by atoms with E-state index in [1.807, 2.05) is 60.7 Å². The second kappa shape index (κ2) is 4.87. The fourth-order valence-electron chi connectivity index (χ4n) is 2.74. The molecule has 2 aromatic carbocycles. The third kappa shape index (κ3) is 2.17. The number of nitrogens with one attached hydrogen (secondary N) is 1. The standard InChI is InChI=1S/C17H14ClN3O/c18-14-8-6-13(7-9-14)16-11-17(22)10-15(19-21(17)20-16)12-4-2-1-3-5-12/h1-10,19,22H,11H2. The largest absolute Gasteiger partial charge is 0.364 e. The highest BCUT2D eigenvalue weighted by Crippen LogP contribution is 2.35. The summed E-state index contributed by atoms with van der Waals surface area (Å²) in [7, 11) is 0. The fourth-order valence-corrected chi connectivity index (χ4v) is 2.87. The number of rotatable bonds is 2. The van der Waals surface area contributed by atoms with Gasteiger partial charge in [0.25, 0.3) is 0 Å². The summed E-state index contributed by atoms with van der Waals surface area (Å²) in [6.45, 7) is 0. The smallest absolute Gasteiger partial charge is 0.201 e. The zero-order valence-electron chi connectivity index (χ0n) is 11.7. The van der Waals surface area contributed by atoms with Crippen LogP contribution in [-0.2, 0) is 0 Å². The van der Waals surface area contributed by atoms with Gasteiger partial charge in [-0.05, 0) is 29.3 Å². The third-order valence-electron chi connectivity index (χ3n) is 3.88. The van der Waals surface area contributed by atoms with Crippen molar-refractivity contribution in [2.75, 3.05) is 0 Å². The molecule has 0 aliphatic carbocycles. The Morgan fingerprint density at radius 2 is 1.77 bits per heavy atom. The van der Waals surface area contributed by atoms with Crippen molar-refractivity contribution in [3.05, 3.63) is 76.8 Å². The van der Waals surface area contributed by atoms with Crippen LogP contribution in [0.2, 0.25) is 5.02 Å². The number of hydrazine groups is 1. The van der Waals surface area contributed by atoms with Gasteiger partial charge in [-0.3, -0.25) is 5.43 Å². The Labute approximate surface area is 133 Å². The quantitative estimate of drug-likeness (QED) is 0.896. The highest BCUT2D eigenvalue weighted by Gasteiger charge is 2.44. The van der Waals surface area contributed by atoms with Crippen molar-refractivity contribution in [3.8, 4) is 0 Å². The summed E-state index contributed by atoms with van der Waals surface area (Å²) in [5, 5.41) is 17.5. The number of benzene rings is 2. The molecule has 0 bridgehead atoms. The van der Waals surface area contributed by atoms with Gasteiger partial charge in [0.2, 0.25) is 5.72 Å². The normalized spacial score (nSPS) is 22.9. The molecule has 1 unspecified atom stereocenters. The molecule has 0 saturated carbocycles. The van der Waals surface area contributed by atoms with Gasteiger partial charge < -0.3 is 5.11 Å². The first-order valence-corrected chi connectivity index (χ1v) is 7.43. The topological polar surface area (TPSA) is 47.9 Å². The first-order chi connectivity index (χ1) is 10.6. The number of nitrogens with zero attached hydrogens (tertiary/aromatic N) is 2. The minimum Gasteiger partial charge on any atom is -0.364 e. The second-order valence-electron chi connectivity index (χ2n) is 5.46. The van der Waals surface area contributed by atoms with Gasteiger partial charge in [0.05, 0.1) is 11.4 Å². The minimum atomic E-state index is -1.12.